The molecule has 3 nitrogen and oxygen atoms in total. The van der Waals surface area contributed by atoms with Gasteiger partial charge in [0, 0.05) is 18.1 Å². The number of hydrogen-bond acceptors (Lipinski definition) is 2. The van der Waals surface area contributed by atoms with Crippen molar-refractivity contribution in [2.24, 2.45) is 0 Å². The molecular weight excluding hydrogens is 231 g/mol. The largest absolute Gasteiger partial charge is 0.355 e. The third-order valence-electron chi connectivity index (χ3n) is 1.98. The summed E-state index contributed by atoms with van der Waals surface area (Å²) >= 11 is 5.87. The van der Waals surface area contributed by atoms with Crippen LogP contribution in [0.3, 0.4) is 0 Å². The fraction of sp³-hybridized carbons (Fsp3) is 0.364. The van der Waals surface area contributed by atoms with Crippen LogP contribution < -0.4 is 10.6 Å². The normalized spacial score (nSPS) is 10.2. The van der Waals surface area contributed by atoms with E-state index in [4.69, 9.17) is 11.6 Å². The zero-order valence-electron chi connectivity index (χ0n) is 9.02. The molecule has 0 spiro atoms. The molecule has 0 bridgehead atoms. The Bertz CT molecular complexity index is 371. The van der Waals surface area contributed by atoms with Crippen molar-refractivity contribution in [1.29, 1.82) is 0 Å². The molecule has 0 aliphatic carbocycles. The molecule has 0 radical (unpaired) electrons. The molecule has 2 N–H and O–H groups in total. The van der Waals surface area contributed by atoms with Gasteiger partial charge in [-0.05, 0) is 30.7 Å². The third kappa shape index (κ3) is 4.16. The Labute approximate surface area is 99.0 Å². The summed E-state index contributed by atoms with van der Waals surface area (Å²) in [5, 5.41) is 6.03. The molecular formula is C11H14ClFN2O. The number of nitrogens with one attached hydrogen (secondary N) is 2. The van der Waals surface area contributed by atoms with Crippen LogP contribution in [0.25, 0.3) is 0 Å². The van der Waals surface area contributed by atoms with E-state index in [9.17, 15) is 9.18 Å². The van der Waals surface area contributed by atoms with E-state index in [1.807, 2.05) is 6.92 Å². The Balaban J connectivity index is 2.42. The maximum atomic E-state index is 12.9. The van der Waals surface area contributed by atoms with E-state index >= 15 is 0 Å². The van der Waals surface area contributed by atoms with Crippen molar-refractivity contribution in [2.75, 3.05) is 13.1 Å². The number of benzene rings is 1. The topological polar surface area (TPSA) is 41.1 Å². The van der Waals surface area contributed by atoms with E-state index in [2.05, 4.69) is 10.6 Å². The third-order valence-corrected chi connectivity index (χ3v) is 2.35. The summed E-state index contributed by atoms with van der Waals surface area (Å²) in [5.41, 5.74) is 0.644. The molecule has 0 saturated carbocycles. The lowest BCUT2D eigenvalue weighted by atomic mass is 10.2. The average molecular weight is 245 g/mol. The minimum atomic E-state index is -0.334. The van der Waals surface area contributed by atoms with Gasteiger partial charge in [0.1, 0.15) is 5.82 Å². The molecule has 0 unspecified atom stereocenters. The smallest absolute Gasteiger partial charge is 0.233 e. The first kappa shape index (κ1) is 12.9. The highest BCUT2D eigenvalue weighted by Crippen LogP contribution is 2.16. The van der Waals surface area contributed by atoms with Gasteiger partial charge >= 0.3 is 0 Å². The Morgan fingerprint density at radius 1 is 1.50 bits per heavy atom. The molecule has 1 aromatic carbocycles. The highest BCUT2D eigenvalue weighted by atomic mass is 35.5. The summed E-state index contributed by atoms with van der Waals surface area (Å²) in [5.74, 6) is -0.422. The number of likely N-dealkylation sites (N-methyl/N-ethyl adjacent to an activating group) is 1. The van der Waals surface area contributed by atoms with Gasteiger partial charge in [-0.1, -0.05) is 11.6 Å². The van der Waals surface area contributed by atoms with Crippen LogP contribution in [0.4, 0.5) is 4.39 Å². The first-order valence-corrected chi connectivity index (χ1v) is 5.42. The van der Waals surface area contributed by atoms with Crippen molar-refractivity contribution in [3.63, 3.8) is 0 Å². The van der Waals surface area contributed by atoms with Crippen LogP contribution in [0.5, 0.6) is 0 Å². The van der Waals surface area contributed by atoms with Crippen LogP contribution >= 0.6 is 11.6 Å². The Morgan fingerprint density at radius 3 is 2.94 bits per heavy atom. The lowest BCUT2D eigenvalue weighted by Crippen LogP contribution is -2.33. The van der Waals surface area contributed by atoms with Gasteiger partial charge in [-0.15, -0.1) is 0 Å². The van der Waals surface area contributed by atoms with Gasteiger partial charge in [0.05, 0.1) is 6.54 Å². The predicted molar refractivity (Wildman–Crippen MR) is 61.8 cm³/mol. The molecule has 88 valence electrons. The molecule has 16 heavy (non-hydrogen) atoms. The summed E-state index contributed by atoms with van der Waals surface area (Å²) in [6, 6.07) is 4.16. The van der Waals surface area contributed by atoms with Crippen molar-refractivity contribution < 1.29 is 9.18 Å². The lowest BCUT2D eigenvalue weighted by molar-refractivity contribution is -0.120. The van der Waals surface area contributed by atoms with E-state index in [1.165, 1.54) is 18.2 Å². The predicted octanol–water partition coefficient (Wildman–Crippen LogP) is 1.70. The molecule has 0 aromatic heterocycles. The van der Waals surface area contributed by atoms with E-state index in [1.54, 1.807) is 0 Å². The van der Waals surface area contributed by atoms with E-state index in [-0.39, 0.29) is 18.3 Å². The SMILES string of the molecule is CCNC(=O)CNCc1cc(F)ccc1Cl. The maximum absolute atomic E-state index is 12.9. The fourth-order valence-electron chi connectivity index (χ4n) is 1.25. The molecule has 0 atom stereocenters. The second-order valence-electron chi connectivity index (χ2n) is 3.29. The molecule has 0 aliphatic heterocycles. The minimum absolute atomic E-state index is 0.0879. The number of carbonyl (C=O) groups is 1. The summed E-state index contributed by atoms with van der Waals surface area (Å²) < 4.78 is 12.9. The van der Waals surface area contributed by atoms with Crippen molar-refractivity contribution in [3.05, 3.63) is 34.6 Å². The number of rotatable bonds is 5. The van der Waals surface area contributed by atoms with Crippen LogP contribution in [-0.2, 0) is 11.3 Å². The van der Waals surface area contributed by atoms with Gasteiger partial charge in [0.2, 0.25) is 5.91 Å². The first-order chi connectivity index (χ1) is 7.63. The summed E-state index contributed by atoms with van der Waals surface area (Å²) in [6.07, 6.45) is 0. The molecule has 1 aromatic rings. The number of halogens is 2. The minimum Gasteiger partial charge on any atom is -0.355 e. The first-order valence-electron chi connectivity index (χ1n) is 5.04. The number of hydrogen-bond donors (Lipinski definition) is 2. The summed E-state index contributed by atoms with van der Waals surface area (Å²) in [6.45, 7) is 3.01. The zero-order valence-corrected chi connectivity index (χ0v) is 9.77. The van der Waals surface area contributed by atoms with E-state index < -0.39 is 0 Å². The number of carbonyl (C=O) groups excluding carboxylic acids is 1. The lowest BCUT2D eigenvalue weighted by Gasteiger charge is -2.06. The molecule has 0 aliphatic rings. The highest BCUT2D eigenvalue weighted by Gasteiger charge is 2.03. The van der Waals surface area contributed by atoms with Crippen LogP contribution in [-0.4, -0.2) is 19.0 Å². The van der Waals surface area contributed by atoms with Gasteiger partial charge < -0.3 is 10.6 Å². The number of amides is 1. The van der Waals surface area contributed by atoms with E-state index in [0.717, 1.165) is 0 Å². The molecule has 0 fully saturated rings. The van der Waals surface area contributed by atoms with Crippen LogP contribution in [0.2, 0.25) is 5.02 Å². The second-order valence-corrected chi connectivity index (χ2v) is 3.70. The Morgan fingerprint density at radius 2 is 2.25 bits per heavy atom. The van der Waals surface area contributed by atoms with Crippen molar-refractivity contribution >= 4 is 17.5 Å². The van der Waals surface area contributed by atoms with Gasteiger partial charge in [-0.25, -0.2) is 4.39 Å². The quantitative estimate of drug-likeness (QED) is 0.828. The van der Waals surface area contributed by atoms with Gasteiger partial charge in [-0.3, -0.25) is 4.79 Å². The van der Waals surface area contributed by atoms with Gasteiger partial charge in [0.25, 0.3) is 0 Å². The molecule has 0 saturated heterocycles. The highest BCUT2D eigenvalue weighted by molar-refractivity contribution is 6.31. The van der Waals surface area contributed by atoms with Crippen LogP contribution in [0.15, 0.2) is 18.2 Å². The molecule has 1 amide bonds. The molecule has 1 rings (SSSR count). The average Bonchev–Trinajstić information content (AvgIpc) is 2.23. The zero-order chi connectivity index (χ0) is 12.0. The monoisotopic (exact) mass is 244 g/mol. The van der Waals surface area contributed by atoms with Crippen LogP contribution in [0.1, 0.15) is 12.5 Å². The van der Waals surface area contributed by atoms with Crippen molar-refractivity contribution in [1.82, 2.24) is 10.6 Å². The Hall–Kier alpha value is -1.13. The summed E-state index contributed by atoms with van der Waals surface area (Å²) in [4.78, 5) is 11.1. The van der Waals surface area contributed by atoms with Gasteiger partial charge in [-0.2, -0.15) is 0 Å². The standard InChI is InChI=1S/C11H14ClFN2O/c1-2-15-11(16)7-14-6-8-5-9(13)3-4-10(8)12/h3-5,14H,2,6-7H2,1H3,(H,15,16). The second kappa shape index (κ2) is 6.45. The van der Waals surface area contributed by atoms with Crippen molar-refractivity contribution in [2.45, 2.75) is 13.5 Å². The van der Waals surface area contributed by atoms with Crippen LogP contribution in [0, 0.1) is 5.82 Å². The Kier molecular flexibility index (Phi) is 5.22. The van der Waals surface area contributed by atoms with Crippen molar-refractivity contribution in [3.8, 4) is 0 Å². The van der Waals surface area contributed by atoms with E-state index in [0.29, 0.717) is 23.7 Å². The molecule has 5 heteroatoms. The summed E-state index contributed by atoms with van der Waals surface area (Å²) in [7, 11) is 0. The molecule has 0 heterocycles. The maximum Gasteiger partial charge on any atom is 0.233 e. The van der Waals surface area contributed by atoms with Gasteiger partial charge in [0.15, 0.2) is 0 Å². The fourth-order valence-corrected chi connectivity index (χ4v) is 1.43.